The minimum Gasteiger partial charge on any atom is -0.456 e. The van der Waals surface area contributed by atoms with Crippen molar-refractivity contribution >= 4 is 11.6 Å². The molecule has 0 amide bonds. The van der Waals surface area contributed by atoms with Crippen LogP contribution in [0.4, 0.5) is 0 Å². The van der Waals surface area contributed by atoms with Gasteiger partial charge in [0, 0.05) is 17.8 Å². The minimum atomic E-state index is 0.518. The Morgan fingerprint density at radius 3 is 3.00 bits per heavy atom. The van der Waals surface area contributed by atoms with Gasteiger partial charge in [0.2, 0.25) is 0 Å². The van der Waals surface area contributed by atoms with Crippen LogP contribution in [0.15, 0.2) is 41.3 Å². The largest absolute Gasteiger partial charge is 0.456 e. The third-order valence-electron chi connectivity index (χ3n) is 3.68. The van der Waals surface area contributed by atoms with E-state index >= 15 is 0 Å². The second-order valence-corrected chi connectivity index (χ2v) is 6.03. The molecule has 4 heteroatoms. The number of halogens is 1. The third kappa shape index (κ3) is 4.87. The zero-order chi connectivity index (χ0) is 15.2. The number of hydrogen-bond donors (Lipinski definition) is 0. The first-order valence-electron chi connectivity index (χ1n) is 7.46. The molecule has 1 fully saturated rings. The van der Waals surface area contributed by atoms with Gasteiger partial charge in [-0.05, 0) is 63.6 Å². The van der Waals surface area contributed by atoms with Crippen LogP contribution in [0.25, 0.3) is 0 Å². The summed E-state index contributed by atoms with van der Waals surface area (Å²) in [6.45, 7) is 9.35. The Morgan fingerprint density at radius 1 is 1.57 bits per heavy atom. The summed E-state index contributed by atoms with van der Waals surface area (Å²) in [5, 5.41) is 0.716. The summed E-state index contributed by atoms with van der Waals surface area (Å²) in [7, 11) is 0. The van der Waals surface area contributed by atoms with E-state index in [4.69, 9.17) is 16.3 Å². The summed E-state index contributed by atoms with van der Waals surface area (Å²) in [6.07, 6.45) is 7.00. The number of ether oxygens (including phenoxy) is 1. The summed E-state index contributed by atoms with van der Waals surface area (Å²) < 4.78 is 6.01. The SMILES string of the molecule is CCN1CCC(C=C(C=C(C)Cl)Oc2cccnc2C)C1. The van der Waals surface area contributed by atoms with Gasteiger partial charge in [0.1, 0.15) is 11.5 Å². The summed E-state index contributed by atoms with van der Waals surface area (Å²) in [6, 6.07) is 3.81. The number of nitrogens with zero attached hydrogens (tertiary/aromatic N) is 2. The van der Waals surface area contributed by atoms with Crippen LogP contribution in [0.2, 0.25) is 0 Å². The van der Waals surface area contributed by atoms with E-state index in [1.165, 1.54) is 6.42 Å². The van der Waals surface area contributed by atoms with Crippen LogP contribution in [0.1, 0.15) is 26.0 Å². The quantitative estimate of drug-likeness (QED) is 0.604. The third-order valence-corrected chi connectivity index (χ3v) is 3.79. The molecule has 2 heterocycles. The van der Waals surface area contributed by atoms with Crippen LogP contribution >= 0.6 is 11.6 Å². The van der Waals surface area contributed by atoms with Gasteiger partial charge in [-0.1, -0.05) is 18.5 Å². The van der Waals surface area contributed by atoms with Crippen LogP contribution in [-0.4, -0.2) is 29.5 Å². The number of aromatic nitrogens is 1. The number of hydrogen-bond acceptors (Lipinski definition) is 3. The number of aryl methyl sites for hydroxylation is 1. The molecule has 1 aliphatic rings. The monoisotopic (exact) mass is 306 g/mol. The van der Waals surface area contributed by atoms with Gasteiger partial charge in [0.25, 0.3) is 0 Å². The molecule has 0 radical (unpaired) electrons. The molecule has 0 saturated carbocycles. The number of likely N-dealkylation sites (tertiary alicyclic amines) is 1. The Kier molecular flexibility index (Phi) is 5.83. The molecule has 1 unspecified atom stereocenters. The summed E-state index contributed by atoms with van der Waals surface area (Å²) in [5.74, 6) is 2.11. The molecule has 0 aromatic carbocycles. The summed E-state index contributed by atoms with van der Waals surface area (Å²) in [5.41, 5.74) is 0.880. The van der Waals surface area contributed by atoms with Crippen molar-refractivity contribution in [3.05, 3.63) is 47.0 Å². The zero-order valence-corrected chi connectivity index (χ0v) is 13.7. The predicted octanol–water partition coefficient (Wildman–Crippen LogP) is 4.14. The molecule has 21 heavy (non-hydrogen) atoms. The van der Waals surface area contributed by atoms with Crippen LogP contribution in [0, 0.1) is 12.8 Å². The fraction of sp³-hybridized carbons (Fsp3) is 0.471. The smallest absolute Gasteiger partial charge is 0.148 e. The zero-order valence-electron chi connectivity index (χ0n) is 13.0. The van der Waals surface area contributed by atoms with Crippen molar-refractivity contribution in [1.29, 1.82) is 0 Å². The van der Waals surface area contributed by atoms with Crippen molar-refractivity contribution in [2.24, 2.45) is 5.92 Å². The molecule has 114 valence electrons. The lowest BCUT2D eigenvalue weighted by Gasteiger charge is -2.13. The van der Waals surface area contributed by atoms with E-state index in [9.17, 15) is 0 Å². The van der Waals surface area contributed by atoms with E-state index < -0.39 is 0 Å². The second kappa shape index (κ2) is 7.62. The molecule has 1 saturated heterocycles. The lowest BCUT2D eigenvalue weighted by atomic mass is 10.1. The molecule has 1 aromatic rings. The molecule has 1 atom stereocenters. The van der Waals surface area contributed by atoms with Crippen LogP contribution in [0.5, 0.6) is 5.75 Å². The normalized spacial score (nSPS) is 20.9. The van der Waals surface area contributed by atoms with E-state index in [1.54, 1.807) is 6.20 Å². The van der Waals surface area contributed by atoms with Gasteiger partial charge in [-0.2, -0.15) is 0 Å². The molecule has 3 nitrogen and oxygen atoms in total. The molecule has 1 aliphatic heterocycles. The Hall–Kier alpha value is -1.32. The van der Waals surface area contributed by atoms with Crippen molar-refractivity contribution < 1.29 is 4.74 Å². The van der Waals surface area contributed by atoms with Crippen molar-refractivity contribution in [1.82, 2.24) is 9.88 Å². The van der Waals surface area contributed by atoms with Gasteiger partial charge >= 0.3 is 0 Å². The number of pyridine rings is 1. The van der Waals surface area contributed by atoms with E-state index in [-0.39, 0.29) is 0 Å². The van der Waals surface area contributed by atoms with Gasteiger partial charge in [-0.25, -0.2) is 0 Å². The fourth-order valence-corrected chi connectivity index (χ4v) is 2.64. The Labute approximate surface area is 132 Å². The standard InChI is InChI=1S/C17H23ClN2O/c1-4-20-9-7-15(12-20)11-16(10-13(2)18)21-17-6-5-8-19-14(17)3/h5-6,8,10-11,15H,4,7,9,12H2,1-3H3. The van der Waals surface area contributed by atoms with E-state index in [1.807, 2.05) is 32.1 Å². The van der Waals surface area contributed by atoms with Gasteiger partial charge in [0.05, 0.1) is 5.69 Å². The Bertz CT molecular complexity index is 535. The summed E-state index contributed by atoms with van der Waals surface area (Å²) >= 11 is 6.03. The Morgan fingerprint density at radius 2 is 2.38 bits per heavy atom. The molecule has 0 spiro atoms. The molecule has 0 aliphatic carbocycles. The topological polar surface area (TPSA) is 25.4 Å². The maximum absolute atomic E-state index is 6.03. The molecular formula is C17H23ClN2O. The van der Waals surface area contributed by atoms with Crippen molar-refractivity contribution in [2.45, 2.75) is 27.2 Å². The highest BCUT2D eigenvalue weighted by molar-refractivity contribution is 6.29. The first-order chi connectivity index (χ1) is 10.1. The molecule has 0 bridgehead atoms. The van der Waals surface area contributed by atoms with Crippen LogP contribution in [0.3, 0.4) is 0 Å². The predicted molar refractivity (Wildman–Crippen MR) is 87.5 cm³/mol. The van der Waals surface area contributed by atoms with Crippen LogP contribution < -0.4 is 4.74 Å². The minimum absolute atomic E-state index is 0.518. The van der Waals surface area contributed by atoms with Gasteiger partial charge < -0.3 is 9.64 Å². The van der Waals surface area contributed by atoms with E-state index in [0.717, 1.165) is 36.8 Å². The molecule has 2 rings (SSSR count). The fourth-order valence-electron chi connectivity index (χ4n) is 2.53. The summed E-state index contributed by atoms with van der Waals surface area (Å²) in [4.78, 5) is 6.70. The average molecular weight is 307 g/mol. The highest BCUT2D eigenvalue weighted by Gasteiger charge is 2.20. The maximum atomic E-state index is 6.03. The van der Waals surface area contributed by atoms with Gasteiger partial charge in [0.15, 0.2) is 0 Å². The second-order valence-electron chi connectivity index (χ2n) is 5.43. The first-order valence-corrected chi connectivity index (χ1v) is 7.83. The van der Waals surface area contributed by atoms with Gasteiger partial charge in [-0.3, -0.25) is 4.98 Å². The number of allylic oxidation sites excluding steroid dienone is 2. The van der Waals surface area contributed by atoms with E-state index in [0.29, 0.717) is 11.0 Å². The average Bonchev–Trinajstić information content (AvgIpc) is 2.88. The van der Waals surface area contributed by atoms with Crippen LogP contribution in [-0.2, 0) is 0 Å². The van der Waals surface area contributed by atoms with Crippen molar-refractivity contribution in [3.63, 3.8) is 0 Å². The molecule has 0 N–H and O–H groups in total. The molecular weight excluding hydrogens is 284 g/mol. The van der Waals surface area contributed by atoms with Crippen molar-refractivity contribution in [3.8, 4) is 5.75 Å². The van der Waals surface area contributed by atoms with Crippen molar-refractivity contribution in [2.75, 3.05) is 19.6 Å². The molecule has 1 aromatic heterocycles. The lowest BCUT2D eigenvalue weighted by molar-refractivity contribution is 0.349. The Balaban J connectivity index is 2.15. The van der Waals surface area contributed by atoms with Gasteiger partial charge in [-0.15, -0.1) is 0 Å². The van der Waals surface area contributed by atoms with E-state index in [2.05, 4.69) is 22.9 Å². The maximum Gasteiger partial charge on any atom is 0.148 e. The highest BCUT2D eigenvalue weighted by Crippen LogP contribution is 2.23. The number of rotatable bonds is 5. The highest BCUT2D eigenvalue weighted by atomic mass is 35.5. The first kappa shape index (κ1) is 16.1. The lowest BCUT2D eigenvalue weighted by Crippen LogP contribution is -2.19.